The second kappa shape index (κ2) is 8.32. The van der Waals surface area contributed by atoms with Crippen molar-refractivity contribution in [1.82, 2.24) is 15.5 Å². The van der Waals surface area contributed by atoms with Crippen molar-refractivity contribution in [2.75, 3.05) is 20.6 Å². The van der Waals surface area contributed by atoms with Gasteiger partial charge in [-0.15, -0.1) is 0 Å². The summed E-state index contributed by atoms with van der Waals surface area (Å²) in [7, 11) is 2.66. The zero-order valence-corrected chi connectivity index (χ0v) is 13.7. The van der Waals surface area contributed by atoms with Gasteiger partial charge < -0.3 is 30.5 Å². The van der Waals surface area contributed by atoms with E-state index in [0.29, 0.717) is 0 Å². The lowest BCUT2D eigenvalue weighted by Gasteiger charge is -2.23. The SMILES string of the molecule is CN(C)C(=O)[C@@H](O)[C@H](NC(=O)CNC(=O)OC(C)(C)C)C(=O)O. The Kier molecular flexibility index (Phi) is 7.47. The molecule has 0 radical (unpaired) electrons. The van der Waals surface area contributed by atoms with Gasteiger partial charge in [0.15, 0.2) is 12.1 Å². The van der Waals surface area contributed by atoms with Crippen molar-refractivity contribution >= 4 is 23.9 Å². The lowest BCUT2D eigenvalue weighted by atomic mass is 10.1. The summed E-state index contributed by atoms with van der Waals surface area (Å²) in [6, 6.07) is -1.84. The fraction of sp³-hybridized carbons (Fsp3) is 0.692. The fourth-order valence-corrected chi connectivity index (χ4v) is 1.37. The third-order valence-corrected chi connectivity index (χ3v) is 2.38. The molecule has 0 aliphatic carbocycles. The molecule has 0 aliphatic heterocycles. The van der Waals surface area contributed by atoms with E-state index in [0.717, 1.165) is 4.90 Å². The van der Waals surface area contributed by atoms with Gasteiger partial charge in [0.05, 0.1) is 0 Å². The molecule has 2 atom stereocenters. The number of carboxylic acids is 1. The minimum Gasteiger partial charge on any atom is -0.480 e. The summed E-state index contributed by atoms with van der Waals surface area (Å²) in [5, 5.41) is 22.8. The van der Waals surface area contributed by atoms with Crippen molar-refractivity contribution in [1.29, 1.82) is 0 Å². The quantitative estimate of drug-likeness (QED) is 0.464. The molecule has 0 aromatic rings. The Morgan fingerprint density at radius 1 is 1.17 bits per heavy atom. The number of hydrogen-bond donors (Lipinski definition) is 4. The van der Waals surface area contributed by atoms with Crippen LogP contribution in [0.5, 0.6) is 0 Å². The number of aliphatic carboxylic acids is 1. The van der Waals surface area contributed by atoms with Crippen molar-refractivity contribution in [3.63, 3.8) is 0 Å². The molecule has 23 heavy (non-hydrogen) atoms. The third kappa shape index (κ3) is 8.00. The van der Waals surface area contributed by atoms with Crippen molar-refractivity contribution in [3.05, 3.63) is 0 Å². The smallest absolute Gasteiger partial charge is 0.408 e. The molecule has 0 saturated carbocycles. The van der Waals surface area contributed by atoms with E-state index in [9.17, 15) is 24.3 Å². The van der Waals surface area contributed by atoms with E-state index in [4.69, 9.17) is 9.84 Å². The number of carbonyl (C=O) groups is 4. The average molecular weight is 333 g/mol. The molecule has 0 fully saturated rings. The second-order valence-electron chi connectivity index (χ2n) is 5.92. The molecule has 0 aromatic carbocycles. The first-order valence-corrected chi connectivity index (χ1v) is 6.73. The van der Waals surface area contributed by atoms with Crippen LogP contribution < -0.4 is 10.6 Å². The maximum absolute atomic E-state index is 11.6. The zero-order chi connectivity index (χ0) is 18.4. The van der Waals surface area contributed by atoms with Crippen LogP contribution in [0, 0.1) is 0 Å². The summed E-state index contributed by atoms with van der Waals surface area (Å²) in [6.07, 6.45) is -2.81. The number of nitrogens with one attached hydrogen (secondary N) is 2. The molecular formula is C13H23N3O7. The summed E-state index contributed by atoms with van der Waals surface area (Å²) in [5.41, 5.74) is -0.752. The molecule has 0 bridgehead atoms. The number of carbonyl (C=O) groups excluding carboxylic acids is 3. The average Bonchev–Trinajstić information content (AvgIpc) is 2.38. The molecule has 3 amide bonds. The molecule has 10 nitrogen and oxygen atoms in total. The van der Waals surface area contributed by atoms with Crippen molar-refractivity contribution < 1.29 is 34.1 Å². The van der Waals surface area contributed by atoms with Gasteiger partial charge in [0.2, 0.25) is 5.91 Å². The van der Waals surface area contributed by atoms with Gasteiger partial charge in [0.25, 0.3) is 5.91 Å². The van der Waals surface area contributed by atoms with E-state index in [2.05, 4.69) is 5.32 Å². The van der Waals surface area contributed by atoms with Crippen LogP contribution in [0.25, 0.3) is 0 Å². The van der Waals surface area contributed by atoms with Crippen LogP contribution in [0.1, 0.15) is 20.8 Å². The number of aliphatic hydroxyl groups is 1. The normalized spacial score (nSPS) is 13.5. The molecule has 4 N–H and O–H groups in total. The number of aliphatic hydroxyl groups excluding tert-OH is 1. The summed E-state index contributed by atoms with van der Waals surface area (Å²) >= 11 is 0. The maximum atomic E-state index is 11.6. The predicted molar refractivity (Wildman–Crippen MR) is 78.5 cm³/mol. The Hall–Kier alpha value is -2.36. The zero-order valence-electron chi connectivity index (χ0n) is 13.7. The van der Waals surface area contributed by atoms with Crippen LogP contribution >= 0.6 is 0 Å². The van der Waals surface area contributed by atoms with E-state index < -0.39 is 48.2 Å². The van der Waals surface area contributed by atoms with Crippen LogP contribution in [0.3, 0.4) is 0 Å². The topological polar surface area (TPSA) is 145 Å². The van der Waals surface area contributed by atoms with E-state index in [-0.39, 0.29) is 0 Å². The van der Waals surface area contributed by atoms with E-state index >= 15 is 0 Å². The number of alkyl carbamates (subject to hydrolysis) is 1. The molecule has 0 spiro atoms. The van der Waals surface area contributed by atoms with Gasteiger partial charge in [-0.25, -0.2) is 9.59 Å². The summed E-state index contributed by atoms with van der Waals surface area (Å²) in [6.45, 7) is 4.34. The maximum Gasteiger partial charge on any atom is 0.408 e. The third-order valence-electron chi connectivity index (χ3n) is 2.38. The van der Waals surface area contributed by atoms with Crippen molar-refractivity contribution in [2.45, 2.75) is 38.5 Å². The minimum atomic E-state index is -1.95. The first kappa shape index (κ1) is 20.6. The first-order chi connectivity index (χ1) is 10.3. The highest BCUT2D eigenvalue weighted by Crippen LogP contribution is 2.06. The monoisotopic (exact) mass is 333 g/mol. The van der Waals surface area contributed by atoms with Gasteiger partial charge in [0, 0.05) is 14.1 Å². The van der Waals surface area contributed by atoms with Gasteiger partial charge in [-0.3, -0.25) is 9.59 Å². The highest BCUT2D eigenvalue weighted by molar-refractivity contribution is 5.92. The Labute approximate surface area is 133 Å². The molecule has 10 heteroatoms. The Bertz CT molecular complexity index is 471. The molecule has 0 heterocycles. The number of ether oxygens (including phenoxy) is 1. The minimum absolute atomic E-state index is 0.568. The first-order valence-electron chi connectivity index (χ1n) is 6.73. The van der Waals surface area contributed by atoms with E-state index in [1.165, 1.54) is 14.1 Å². The number of hydrogen-bond acceptors (Lipinski definition) is 6. The Morgan fingerprint density at radius 3 is 2.09 bits per heavy atom. The summed E-state index contributed by atoms with van der Waals surface area (Å²) in [4.78, 5) is 46.6. The lowest BCUT2D eigenvalue weighted by molar-refractivity contribution is -0.152. The summed E-state index contributed by atoms with van der Waals surface area (Å²) in [5.74, 6) is -3.36. The van der Waals surface area contributed by atoms with Crippen molar-refractivity contribution in [3.8, 4) is 0 Å². The van der Waals surface area contributed by atoms with Crippen LogP contribution in [-0.4, -0.2) is 77.4 Å². The van der Waals surface area contributed by atoms with Crippen molar-refractivity contribution in [2.24, 2.45) is 0 Å². The van der Waals surface area contributed by atoms with Crippen LogP contribution in [0.4, 0.5) is 4.79 Å². The van der Waals surface area contributed by atoms with E-state index in [1.807, 2.05) is 5.32 Å². The van der Waals surface area contributed by atoms with E-state index in [1.54, 1.807) is 20.8 Å². The number of rotatable bonds is 6. The number of amides is 3. The van der Waals surface area contributed by atoms with Gasteiger partial charge in [-0.05, 0) is 20.8 Å². The number of carboxylic acid groups (broad SMARTS) is 1. The van der Waals surface area contributed by atoms with Crippen LogP contribution in [0.2, 0.25) is 0 Å². The summed E-state index contributed by atoms with van der Waals surface area (Å²) < 4.78 is 4.90. The van der Waals surface area contributed by atoms with Gasteiger partial charge >= 0.3 is 12.1 Å². The lowest BCUT2D eigenvalue weighted by Crippen LogP contribution is -2.55. The standard InChI is InChI=1S/C13H23N3O7/c1-13(2,3)23-12(22)14-6-7(17)15-8(11(20)21)9(18)10(19)16(4)5/h8-9,18H,6H2,1-5H3,(H,14,22)(H,15,17)(H,20,21)/t8-,9-/m0/s1. The predicted octanol–water partition coefficient (Wildman–Crippen LogP) is -1.47. The Balaban J connectivity index is 4.61. The van der Waals surface area contributed by atoms with Gasteiger partial charge in [-0.2, -0.15) is 0 Å². The van der Waals surface area contributed by atoms with Crippen LogP contribution in [0.15, 0.2) is 0 Å². The highest BCUT2D eigenvalue weighted by Gasteiger charge is 2.34. The number of likely N-dealkylation sites (N-methyl/N-ethyl adjacent to an activating group) is 1. The number of nitrogens with zero attached hydrogens (tertiary/aromatic N) is 1. The second-order valence-corrected chi connectivity index (χ2v) is 5.92. The molecule has 0 rings (SSSR count). The highest BCUT2D eigenvalue weighted by atomic mass is 16.6. The molecule has 0 unspecified atom stereocenters. The van der Waals surface area contributed by atoms with Gasteiger partial charge in [0.1, 0.15) is 12.1 Å². The molecule has 0 aromatic heterocycles. The largest absolute Gasteiger partial charge is 0.480 e. The molecular weight excluding hydrogens is 310 g/mol. The molecule has 132 valence electrons. The molecule has 0 aliphatic rings. The van der Waals surface area contributed by atoms with Gasteiger partial charge in [-0.1, -0.05) is 0 Å². The molecule has 0 saturated heterocycles. The van der Waals surface area contributed by atoms with Crippen LogP contribution in [-0.2, 0) is 19.1 Å². The Morgan fingerprint density at radius 2 is 1.70 bits per heavy atom. The fourth-order valence-electron chi connectivity index (χ4n) is 1.37.